The smallest absolute Gasteiger partial charge is 0.438 e. The zero-order valence-electron chi connectivity index (χ0n) is 24.2. The van der Waals surface area contributed by atoms with Crippen LogP contribution in [-0.2, 0) is 9.47 Å². The van der Waals surface area contributed by atoms with Gasteiger partial charge >= 0.3 is 6.16 Å². The van der Waals surface area contributed by atoms with Gasteiger partial charge in [-0.3, -0.25) is 0 Å². The zero-order valence-corrected chi connectivity index (χ0v) is 24.2. The highest BCUT2D eigenvalue weighted by Gasteiger charge is 1.99. The molecule has 0 atom stereocenters. The van der Waals surface area contributed by atoms with Crippen LogP contribution in [0.5, 0.6) is 0 Å². The summed E-state index contributed by atoms with van der Waals surface area (Å²) >= 11 is 0. The van der Waals surface area contributed by atoms with Gasteiger partial charge in [-0.15, -0.1) is 0 Å². The molecule has 35 heavy (non-hydrogen) atoms. The minimum Gasteiger partial charge on any atom is -0.438 e. The second-order valence-corrected chi connectivity index (χ2v) is 10.8. The Labute approximate surface area is 220 Å². The standard InChI is InChI=1S/C32H64O3/c1-3-4-5-6-7-8-9-10-11-12-13-14-15-16-17-18-19-20-21-22-23-24-25-26-27-28-29-30-31-35-32(33)34-2/h3-31H2,1-2H3. The molecule has 0 radical (unpaired) electrons. The Balaban J connectivity index is 3.02. The van der Waals surface area contributed by atoms with Crippen molar-refractivity contribution in [3.05, 3.63) is 0 Å². The van der Waals surface area contributed by atoms with Gasteiger partial charge < -0.3 is 9.47 Å². The summed E-state index contributed by atoms with van der Waals surface area (Å²) in [5.74, 6) is 0. The molecule has 3 heteroatoms. The maximum atomic E-state index is 10.8. The number of hydrogen-bond donors (Lipinski definition) is 0. The van der Waals surface area contributed by atoms with Crippen LogP contribution in [0.1, 0.15) is 187 Å². The number of ether oxygens (including phenoxy) is 2. The molecule has 0 aromatic carbocycles. The van der Waals surface area contributed by atoms with Crippen molar-refractivity contribution in [2.75, 3.05) is 13.7 Å². The molecule has 0 amide bonds. The Morgan fingerprint density at radius 2 is 0.629 bits per heavy atom. The van der Waals surface area contributed by atoms with Gasteiger partial charge in [0.05, 0.1) is 13.7 Å². The van der Waals surface area contributed by atoms with Crippen molar-refractivity contribution in [3.8, 4) is 0 Å². The largest absolute Gasteiger partial charge is 0.507 e. The minimum absolute atomic E-state index is 0.492. The number of rotatable bonds is 29. The van der Waals surface area contributed by atoms with Gasteiger partial charge in [-0.1, -0.05) is 180 Å². The van der Waals surface area contributed by atoms with E-state index in [2.05, 4.69) is 11.7 Å². The van der Waals surface area contributed by atoms with E-state index in [1.54, 1.807) is 0 Å². The summed E-state index contributed by atoms with van der Waals surface area (Å²) in [7, 11) is 1.35. The van der Waals surface area contributed by atoms with E-state index in [1.165, 1.54) is 174 Å². The zero-order chi connectivity index (χ0) is 25.5. The number of carbonyl (C=O) groups excluding carboxylic acids is 1. The third kappa shape index (κ3) is 31.2. The highest BCUT2D eigenvalue weighted by Crippen LogP contribution is 2.16. The molecule has 0 fully saturated rings. The van der Waals surface area contributed by atoms with Crippen molar-refractivity contribution in [2.45, 2.75) is 187 Å². The fourth-order valence-electron chi connectivity index (χ4n) is 4.99. The van der Waals surface area contributed by atoms with E-state index in [1.807, 2.05) is 0 Å². The van der Waals surface area contributed by atoms with E-state index in [-0.39, 0.29) is 0 Å². The fourth-order valence-corrected chi connectivity index (χ4v) is 4.99. The van der Waals surface area contributed by atoms with Crippen molar-refractivity contribution < 1.29 is 14.3 Å². The Hall–Kier alpha value is -0.730. The Bertz CT molecular complexity index is 396. The molecular weight excluding hydrogens is 432 g/mol. The molecule has 0 aliphatic heterocycles. The number of hydrogen-bond acceptors (Lipinski definition) is 3. The molecule has 0 rings (SSSR count). The Kier molecular flexibility index (Phi) is 30.6. The first-order chi connectivity index (χ1) is 17.3. The van der Waals surface area contributed by atoms with E-state index in [4.69, 9.17) is 4.74 Å². The lowest BCUT2D eigenvalue weighted by Gasteiger charge is -2.05. The van der Waals surface area contributed by atoms with Crippen molar-refractivity contribution >= 4 is 6.16 Å². The van der Waals surface area contributed by atoms with Crippen LogP contribution in [0.15, 0.2) is 0 Å². The highest BCUT2D eigenvalue weighted by atomic mass is 16.7. The normalized spacial score (nSPS) is 11.1. The first-order valence-electron chi connectivity index (χ1n) is 16.0. The van der Waals surface area contributed by atoms with Crippen LogP contribution in [0.3, 0.4) is 0 Å². The summed E-state index contributed by atoms with van der Waals surface area (Å²) < 4.78 is 9.34. The van der Waals surface area contributed by atoms with Crippen LogP contribution in [0.2, 0.25) is 0 Å². The lowest BCUT2D eigenvalue weighted by Crippen LogP contribution is -2.05. The van der Waals surface area contributed by atoms with E-state index >= 15 is 0 Å². The van der Waals surface area contributed by atoms with Gasteiger partial charge in [-0.25, -0.2) is 4.79 Å². The average molecular weight is 497 g/mol. The second-order valence-electron chi connectivity index (χ2n) is 10.8. The van der Waals surface area contributed by atoms with E-state index in [0.717, 1.165) is 12.8 Å². The maximum absolute atomic E-state index is 10.8. The quantitative estimate of drug-likeness (QED) is 0.0762. The van der Waals surface area contributed by atoms with Crippen LogP contribution in [0.25, 0.3) is 0 Å². The van der Waals surface area contributed by atoms with Crippen molar-refractivity contribution in [1.29, 1.82) is 0 Å². The summed E-state index contributed by atoms with van der Waals surface area (Å²) in [6.45, 7) is 2.79. The van der Waals surface area contributed by atoms with Crippen molar-refractivity contribution in [3.63, 3.8) is 0 Å². The van der Waals surface area contributed by atoms with Gasteiger partial charge in [-0.2, -0.15) is 0 Å². The highest BCUT2D eigenvalue weighted by molar-refractivity contribution is 5.59. The second kappa shape index (κ2) is 31.3. The first-order valence-corrected chi connectivity index (χ1v) is 16.0. The van der Waals surface area contributed by atoms with Gasteiger partial charge in [0.15, 0.2) is 0 Å². The van der Waals surface area contributed by atoms with Crippen LogP contribution in [0, 0.1) is 0 Å². The van der Waals surface area contributed by atoms with Crippen LogP contribution < -0.4 is 0 Å². The summed E-state index contributed by atoms with van der Waals surface area (Å²) in [4.78, 5) is 10.8. The summed E-state index contributed by atoms with van der Waals surface area (Å²) in [5, 5.41) is 0. The molecule has 0 aliphatic rings. The molecule has 0 bridgehead atoms. The molecule has 0 aromatic rings. The molecule has 3 nitrogen and oxygen atoms in total. The monoisotopic (exact) mass is 496 g/mol. The Morgan fingerprint density at radius 1 is 0.400 bits per heavy atom. The van der Waals surface area contributed by atoms with Crippen LogP contribution in [-0.4, -0.2) is 19.9 Å². The third-order valence-corrected chi connectivity index (χ3v) is 7.38. The van der Waals surface area contributed by atoms with E-state index in [0.29, 0.717) is 6.61 Å². The van der Waals surface area contributed by atoms with Gasteiger partial charge in [0.2, 0.25) is 0 Å². The molecule has 0 saturated carbocycles. The molecular formula is C32H64O3. The van der Waals surface area contributed by atoms with Gasteiger partial charge in [0.25, 0.3) is 0 Å². The summed E-state index contributed by atoms with van der Waals surface area (Å²) in [6.07, 6.45) is 38.9. The van der Waals surface area contributed by atoms with Crippen molar-refractivity contribution in [1.82, 2.24) is 0 Å². The predicted molar refractivity (Wildman–Crippen MR) is 153 cm³/mol. The molecule has 210 valence electrons. The molecule has 0 spiro atoms. The molecule has 0 aromatic heterocycles. The first kappa shape index (κ1) is 34.3. The summed E-state index contributed by atoms with van der Waals surface area (Å²) in [5.41, 5.74) is 0. The summed E-state index contributed by atoms with van der Waals surface area (Å²) in [6, 6.07) is 0. The van der Waals surface area contributed by atoms with E-state index < -0.39 is 6.16 Å². The average Bonchev–Trinajstić information content (AvgIpc) is 2.87. The number of carbonyl (C=O) groups is 1. The van der Waals surface area contributed by atoms with Crippen LogP contribution in [0.4, 0.5) is 4.79 Å². The lowest BCUT2D eigenvalue weighted by molar-refractivity contribution is 0.0713. The number of methoxy groups -OCH3 is 1. The maximum Gasteiger partial charge on any atom is 0.507 e. The number of unbranched alkanes of at least 4 members (excludes halogenated alkanes) is 27. The molecule has 0 unspecified atom stereocenters. The molecule has 0 aliphatic carbocycles. The molecule has 0 N–H and O–H groups in total. The third-order valence-electron chi connectivity index (χ3n) is 7.38. The van der Waals surface area contributed by atoms with Gasteiger partial charge in [-0.05, 0) is 6.42 Å². The minimum atomic E-state index is -0.560. The fraction of sp³-hybridized carbons (Fsp3) is 0.969. The molecule has 0 heterocycles. The topological polar surface area (TPSA) is 35.5 Å². The predicted octanol–water partition coefficient (Wildman–Crippen LogP) is 11.7. The molecule has 0 saturated heterocycles. The van der Waals surface area contributed by atoms with Crippen molar-refractivity contribution in [2.24, 2.45) is 0 Å². The lowest BCUT2D eigenvalue weighted by atomic mass is 10.0. The van der Waals surface area contributed by atoms with E-state index in [9.17, 15) is 4.79 Å². The SMILES string of the molecule is CCCCCCCCCCCCCCCCCCCCCCCCCCCCCCOC(=O)OC. The Morgan fingerprint density at radius 3 is 0.857 bits per heavy atom. The van der Waals surface area contributed by atoms with Gasteiger partial charge in [0.1, 0.15) is 0 Å². The van der Waals surface area contributed by atoms with Crippen LogP contribution >= 0.6 is 0 Å². The van der Waals surface area contributed by atoms with Gasteiger partial charge in [0, 0.05) is 0 Å².